The molecule has 1 saturated heterocycles. The molecule has 0 aromatic carbocycles. The van der Waals surface area contributed by atoms with E-state index in [0.29, 0.717) is 5.01 Å². The molecule has 1 aliphatic heterocycles. The fourth-order valence-electron chi connectivity index (χ4n) is 2.37. The number of H-pyrrole nitrogens is 1. The van der Waals surface area contributed by atoms with Gasteiger partial charge in [0.1, 0.15) is 12.3 Å². The predicted octanol–water partition coefficient (Wildman–Crippen LogP) is -0.883. The highest BCUT2D eigenvalue weighted by atomic mass is 35.5. The highest BCUT2D eigenvalue weighted by Crippen LogP contribution is 2.27. The van der Waals surface area contributed by atoms with E-state index in [-0.39, 0.29) is 18.8 Å². The first-order chi connectivity index (χ1) is 11.5. The van der Waals surface area contributed by atoms with Gasteiger partial charge < -0.3 is 15.2 Å². The summed E-state index contributed by atoms with van der Waals surface area (Å²) in [5, 5.41) is 15.1. The van der Waals surface area contributed by atoms with E-state index in [1.807, 2.05) is 0 Å². The third kappa shape index (κ3) is 3.99. The molecule has 3 atom stereocenters. The summed E-state index contributed by atoms with van der Waals surface area (Å²) in [5.74, 6) is 0.0269. The molecule has 0 radical (unpaired) electrons. The molecule has 132 valence electrons. The largest absolute Gasteiger partial charge is 0.394 e. The third-order valence-electron chi connectivity index (χ3n) is 3.52. The molecule has 24 heavy (non-hydrogen) atoms. The second kappa shape index (κ2) is 8.04. The highest BCUT2D eigenvalue weighted by molar-refractivity contribution is 6.18. The molecule has 1 aliphatic rings. The van der Waals surface area contributed by atoms with Crippen LogP contribution in [0.3, 0.4) is 0 Å². The number of hydrogen-bond donors (Lipinski definition) is 3. The predicted molar refractivity (Wildman–Crippen MR) is 82.5 cm³/mol. The number of aromatic nitrogens is 2. The molecule has 2 heterocycles. The van der Waals surface area contributed by atoms with E-state index in [4.69, 9.17) is 16.3 Å². The van der Waals surface area contributed by atoms with Gasteiger partial charge in [-0.3, -0.25) is 14.3 Å². The Hall–Kier alpha value is -2.24. The lowest BCUT2D eigenvalue weighted by Crippen LogP contribution is -2.47. The maximum atomic E-state index is 11.9. The Labute approximate surface area is 140 Å². The molecule has 0 saturated carbocycles. The molecule has 1 unspecified atom stereocenters. The SMILES string of the molecule is O=NN(CCCl)C(=O)NC1C[C@H](n2ccc(=O)[nH]c2=O)O[C@@H]1CO. The van der Waals surface area contributed by atoms with Gasteiger partial charge in [0.2, 0.25) is 0 Å². The Balaban J connectivity index is 2.11. The van der Waals surface area contributed by atoms with E-state index in [1.165, 1.54) is 6.20 Å². The van der Waals surface area contributed by atoms with Crippen LogP contribution in [-0.4, -0.2) is 56.9 Å². The van der Waals surface area contributed by atoms with Crippen molar-refractivity contribution in [1.82, 2.24) is 19.9 Å². The molecule has 3 N–H and O–H groups in total. The number of aromatic amines is 1. The van der Waals surface area contributed by atoms with E-state index in [0.717, 1.165) is 10.6 Å². The Morgan fingerprint density at radius 3 is 2.92 bits per heavy atom. The minimum absolute atomic E-state index is 0.0269. The quantitative estimate of drug-likeness (QED) is 0.340. The minimum atomic E-state index is -0.790. The van der Waals surface area contributed by atoms with Crippen LogP contribution in [0.4, 0.5) is 4.79 Å². The Bertz CT molecular complexity index is 706. The van der Waals surface area contributed by atoms with E-state index >= 15 is 0 Å². The van der Waals surface area contributed by atoms with Crippen LogP contribution < -0.4 is 16.6 Å². The molecule has 1 fully saturated rings. The lowest BCUT2D eigenvalue weighted by Gasteiger charge is -2.20. The first-order valence-corrected chi connectivity index (χ1v) is 7.58. The number of urea groups is 1. The van der Waals surface area contributed by atoms with Gasteiger partial charge in [-0.2, -0.15) is 5.01 Å². The van der Waals surface area contributed by atoms with Crippen LogP contribution in [0, 0.1) is 4.91 Å². The van der Waals surface area contributed by atoms with Crippen molar-refractivity contribution >= 4 is 17.6 Å². The van der Waals surface area contributed by atoms with Crippen molar-refractivity contribution in [3.8, 4) is 0 Å². The van der Waals surface area contributed by atoms with Crippen molar-refractivity contribution in [2.75, 3.05) is 19.0 Å². The molecule has 1 aromatic rings. The van der Waals surface area contributed by atoms with Crippen molar-refractivity contribution in [3.05, 3.63) is 38.0 Å². The maximum Gasteiger partial charge on any atom is 0.340 e. The Morgan fingerprint density at radius 1 is 1.58 bits per heavy atom. The zero-order chi connectivity index (χ0) is 17.7. The van der Waals surface area contributed by atoms with E-state index in [1.54, 1.807) is 0 Å². The van der Waals surface area contributed by atoms with Gasteiger partial charge in [-0.1, -0.05) is 0 Å². The number of aliphatic hydroxyl groups excluding tert-OH is 1. The number of hydrogen-bond acceptors (Lipinski definition) is 7. The topological polar surface area (TPSA) is 146 Å². The first-order valence-electron chi connectivity index (χ1n) is 7.05. The molecule has 0 spiro atoms. The van der Waals surface area contributed by atoms with Gasteiger partial charge in [-0.05, 0) is 0 Å². The number of aliphatic hydroxyl groups is 1. The lowest BCUT2D eigenvalue weighted by molar-refractivity contribution is -0.0286. The van der Waals surface area contributed by atoms with Crippen LogP contribution in [0.25, 0.3) is 0 Å². The van der Waals surface area contributed by atoms with Crippen molar-refractivity contribution in [3.63, 3.8) is 0 Å². The number of amides is 2. The Kier molecular flexibility index (Phi) is 6.06. The average molecular weight is 362 g/mol. The summed E-state index contributed by atoms with van der Waals surface area (Å²) in [7, 11) is 0. The molecule has 2 rings (SSSR count). The van der Waals surface area contributed by atoms with Crippen molar-refractivity contribution in [2.24, 2.45) is 5.29 Å². The smallest absolute Gasteiger partial charge is 0.340 e. The Morgan fingerprint density at radius 2 is 2.33 bits per heavy atom. The van der Waals surface area contributed by atoms with Gasteiger partial charge in [-0.15, -0.1) is 16.5 Å². The van der Waals surface area contributed by atoms with Crippen LogP contribution >= 0.6 is 11.6 Å². The van der Waals surface area contributed by atoms with Gasteiger partial charge in [0.25, 0.3) is 5.56 Å². The summed E-state index contributed by atoms with van der Waals surface area (Å²) in [4.78, 5) is 47.5. The van der Waals surface area contributed by atoms with Gasteiger partial charge >= 0.3 is 11.7 Å². The van der Waals surface area contributed by atoms with Gasteiger partial charge in [0, 0.05) is 24.6 Å². The number of halogens is 1. The molecule has 11 nitrogen and oxygen atoms in total. The fourth-order valence-corrected chi connectivity index (χ4v) is 2.53. The highest BCUT2D eigenvalue weighted by Gasteiger charge is 2.38. The second-order valence-corrected chi connectivity index (χ2v) is 5.39. The van der Waals surface area contributed by atoms with Crippen molar-refractivity contribution in [2.45, 2.75) is 24.8 Å². The summed E-state index contributed by atoms with van der Waals surface area (Å²) >= 11 is 5.47. The second-order valence-electron chi connectivity index (χ2n) is 5.01. The zero-order valence-corrected chi connectivity index (χ0v) is 13.2. The average Bonchev–Trinajstić information content (AvgIpc) is 2.94. The fraction of sp³-hybridized carbons (Fsp3) is 0.583. The van der Waals surface area contributed by atoms with E-state index in [2.05, 4.69) is 15.6 Å². The van der Waals surface area contributed by atoms with Crippen LogP contribution in [0.5, 0.6) is 0 Å². The molecule has 0 bridgehead atoms. The van der Waals surface area contributed by atoms with E-state index in [9.17, 15) is 24.4 Å². The van der Waals surface area contributed by atoms with Crippen LogP contribution in [-0.2, 0) is 4.74 Å². The van der Waals surface area contributed by atoms with Gasteiger partial charge in [-0.25, -0.2) is 9.59 Å². The maximum absolute atomic E-state index is 11.9. The molecule has 12 heteroatoms. The molecule has 0 aliphatic carbocycles. The lowest BCUT2D eigenvalue weighted by atomic mass is 10.1. The number of rotatable bonds is 6. The summed E-state index contributed by atoms with van der Waals surface area (Å²) in [5.41, 5.74) is -1.22. The van der Waals surface area contributed by atoms with Crippen LogP contribution in [0.1, 0.15) is 12.6 Å². The monoisotopic (exact) mass is 361 g/mol. The standard InChI is InChI=1S/C12H16ClN5O6/c13-2-4-18(16-23)12(22)14-7-5-10(24-8(7)6-19)17-3-1-9(20)15-11(17)21/h1,3,7-8,10,19H,2,4-6H2,(H,14,22)(H,15,20,21)/t7?,8-,10-/m1/s1. The molecule has 1 aromatic heterocycles. The molecular weight excluding hydrogens is 346 g/mol. The number of alkyl halides is 1. The van der Waals surface area contributed by atoms with Crippen LogP contribution in [0.15, 0.2) is 27.1 Å². The summed E-state index contributed by atoms with van der Waals surface area (Å²) in [6.07, 6.45) is -0.168. The number of nitrogens with one attached hydrogen (secondary N) is 2. The third-order valence-corrected chi connectivity index (χ3v) is 3.68. The number of nitroso groups, excluding NO2 is 1. The summed E-state index contributed by atoms with van der Waals surface area (Å²) < 4.78 is 6.67. The van der Waals surface area contributed by atoms with Crippen LogP contribution in [0.2, 0.25) is 0 Å². The van der Waals surface area contributed by atoms with E-state index < -0.39 is 42.3 Å². The first kappa shape index (κ1) is 18.1. The number of carbonyl (C=O) groups is 1. The number of carbonyl (C=O) groups excluding carboxylic acids is 1. The van der Waals surface area contributed by atoms with Crippen molar-refractivity contribution < 1.29 is 14.6 Å². The zero-order valence-electron chi connectivity index (χ0n) is 12.4. The number of ether oxygens (including phenoxy) is 1. The number of nitrogens with zero attached hydrogens (tertiary/aromatic N) is 3. The van der Waals surface area contributed by atoms with Gasteiger partial charge in [0.15, 0.2) is 0 Å². The van der Waals surface area contributed by atoms with Gasteiger partial charge in [0.05, 0.1) is 24.5 Å². The molecule has 2 amide bonds. The summed E-state index contributed by atoms with van der Waals surface area (Å²) in [6.45, 7) is -0.485. The van der Waals surface area contributed by atoms with Crippen molar-refractivity contribution in [1.29, 1.82) is 0 Å². The summed E-state index contributed by atoms with van der Waals surface area (Å²) in [6, 6.07) is -0.290. The molecular formula is C12H16ClN5O6. The normalized spacial score (nSPS) is 23.0. The minimum Gasteiger partial charge on any atom is -0.394 e.